The van der Waals surface area contributed by atoms with E-state index in [0.29, 0.717) is 0 Å². The normalized spacial score (nSPS) is 11.3. The molecule has 0 aliphatic heterocycles. The molecule has 0 aliphatic rings. The maximum Gasteiger partial charge on any atom is 0.0620 e. The molecule has 0 radical (unpaired) electrons. The standard InChI is InChI=1S/C48H32N2.C44H32N2/c1-3-10-33(11-4-1)35-18-25-39(26-19-35)49(40-27-20-36(21-28-40)34-12-5-2-6-13-34)41-29-22-37(23-30-41)38-24-31-47-45(32-38)44-16-9-15-43-42-14-7-8-17-46(42)50(47)48(43)44;1-3-17-37(18-4-1)45(43-23-11-15-35-13-7-9-21-41(35)43)39-29-25-33(26-30-39)34-27-31-40(32-28-34)46(38-19-5-2-6-20-38)44-24-12-16-36-14-8-10-22-42(36)44/h1-32H;1-32H. The van der Waals surface area contributed by atoms with Gasteiger partial charge in [0.05, 0.1) is 27.9 Å². The van der Waals surface area contributed by atoms with E-state index in [9.17, 15) is 0 Å². The highest BCUT2D eigenvalue weighted by atomic mass is 15.2. The van der Waals surface area contributed by atoms with Crippen LogP contribution < -0.4 is 14.7 Å². The van der Waals surface area contributed by atoms with Gasteiger partial charge in [-0.25, -0.2) is 0 Å². The summed E-state index contributed by atoms with van der Waals surface area (Å²) < 4.78 is 2.44. The van der Waals surface area contributed by atoms with Gasteiger partial charge in [0.2, 0.25) is 0 Å². The van der Waals surface area contributed by atoms with E-state index in [0.717, 1.165) is 51.2 Å². The molecule has 18 rings (SSSR count). The zero-order chi connectivity index (χ0) is 63.7. The van der Waals surface area contributed by atoms with Crippen molar-refractivity contribution >= 4 is 111 Å². The molecule has 4 nitrogen and oxygen atoms in total. The summed E-state index contributed by atoms with van der Waals surface area (Å²) in [6, 6.07) is 139. The number of aromatic nitrogens is 1. The van der Waals surface area contributed by atoms with Gasteiger partial charge in [-0.3, -0.25) is 0 Å². The van der Waals surface area contributed by atoms with Gasteiger partial charge in [-0.05, 0) is 171 Å². The summed E-state index contributed by atoms with van der Waals surface area (Å²) in [6.45, 7) is 0. The van der Waals surface area contributed by atoms with E-state index in [2.05, 4.69) is 407 Å². The molecule has 18 aromatic rings. The fourth-order valence-corrected chi connectivity index (χ4v) is 14.2. The average Bonchev–Trinajstić information content (AvgIpc) is 1.55. The molecule has 4 heteroatoms. The Hall–Kier alpha value is -12.8. The van der Waals surface area contributed by atoms with Crippen molar-refractivity contribution in [3.63, 3.8) is 0 Å². The lowest BCUT2D eigenvalue weighted by Gasteiger charge is -2.27. The highest BCUT2D eigenvalue weighted by Gasteiger charge is 2.21. The molecule has 0 bridgehead atoms. The topological polar surface area (TPSA) is 14.1 Å². The monoisotopic (exact) mass is 1220 g/mol. The Morgan fingerprint density at radius 3 is 0.885 bits per heavy atom. The van der Waals surface area contributed by atoms with Crippen LogP contribution in [0.4, 0.5) is 51.2 Å². The third-order valence-electron chi connectivity index (χ3n) is 18.8. The quantitative estimate of drug-likeness (QED) is 0.114. The molecule has 0 fully saturated rings. The van der Waals surface area contributed by atoms with Crippen molar-refractivity contribution < 1.29 is 0 Å². The van der Waals surface area contributed by atoms with Crippen molar-refractivity contribution in [2.24, 2.45) is 0 Å². The van der Waals surface area contributed by atoms with E-state index in [1.165, 1.54) is 104 Å². The molecule has 2 heterocycles. The van der Waals surface area contributed by atoms with Crippen LogP contribution in [-0.4, -0.2) is 4.40 Å². The number of rotatable bonds is 13. The number of anilines is 9. The van der Waals surface area contributed by atoms with Crippen LogP contribution >= 0.6 is 0 Å². The molecular formula is C92H64N4. The van der Waals surface area contributed by atoms with Crippen molar-refractivity contribution in [2.45, 2.75) is 0 Å². The fourth-order valence-electron chi connectivity index (χ4n) is 14.2. The first-order valence-corrected chi connectivity index (χ1v) is 32.9. The van der Waals surface area contributed by atoms with E-state index >= 15 is 0 Å². The molecule has 0 atom stereocenters. The Morgan fingerprint density at radius 1 is 0.167 bits per heavy atom. The maximum absolute atomic E-state index is 2.44. The smallest absolute Gasteiger partial charge is 0.0620 e. The highest BCUT2D eigenvalue weighted by Crippen LogP contribution is 2.45. The molecule has 452 valence electrons. The molecule has 0 spiro atoms. The average molecular weight is 1230 g/mol. The van der Waals surface area contributed by atoms with E-state index in [-0.39, 0.29) is 0 Å². The second kappa shape index (κ2) is 25.0. The zero-order valence-corrected chi connectivity index (χ0v) is 52.7. The first-order valence-electron chi connectivity index (χ1n) is 32.9. The first-order chi connectivity index (χ1) is 47.6. The summed E-state index contributed by atoms with van der Waals surface area (Å²) in [5.74, 6) is 0. The summed E-state index contributed by atoms with van der Waals surface area (Å²) in [6.07, 6.45) is 0. The van der Waals surface area contributed by atoms with Gasteiger partial charge in [-0.15, -0.1) is 0 Å². The van der Waals surface area contributed by atoms with Gasteiger partial charge >= 0.3 is 0 Å². The van der Waals surface area contributed by atoms with Crippen LogP contribution in [0.1, 0.15) is 0 Å². The van der Waals surface area contributed by atoms with Gasteiger partial charge in [0.15, 0.2) is 0 Å². The summed E-state index contributed by atoms with van der Waals surface area (Å²) in [5.41, 5.74) is 23.6. The third kappa shape index (κ3) is 10.7. The highest BCUT2D eigenvalue weighted by molar-refractivity contribution is 6.23. The molecular weight excluding hydrogens is 1160 g/mol. The Bertz CT molecular complexity index is 5460. The minimum Gasteiger partial charge on any atom is -0.311 e. The number of para-hydroxylation sites is 4. The predicted octanol–water partition coefficient (Wildman–Crippen LogP) is 25.9. The van der Waals surface area contributed by atoms with Crippen molar-refractivity contribution in [2.75, 3.05) is 14.7 Å². The van der Waals surface area contributed by atoms with Crippen LogP contribution in [-0.2, 0) is 0 Å². The number of hydrogen-bond donors (Lipinski definition) is 0. The summed E-state index contributed by atoms with van der Waals surface area (Å²) >= 11 is 0. The number of fused-ring (bicyclic) bond motifs is 8. The Morgan fingerprint density at radius 2 is 0.448 bits per heavy atom. The Kier molecular flexibility index (Phi) is 14.9. The number of benzene rings is 16. The van der Waals surface area contributed by atoms with Gasteiger partial charge < -0.3 is 19.1 Å². The summed E-state index contributed by atoms with van der Waals surface area (Å²) in [4.78, 5) is 7.03. The molecule has 96 heavy (non-hydrogen) atoms. The molecule has 0 amide bonds. The van der Waals surface area contributed by atoms with Crippen LogP contribution in [0, 0.1) is 0 Å². The van der Waals surface area contributed by atoms with Crippen LogP contribution in [0.2, 0.25) is 0 Å². The minimum absolute atomic E-state index is 1.11. The second-order valence-electron chi connectivity index (χ2n) is 24.4. The van der Waals surface area contributed by atoms with E-state index in [1.54, 1.807) is 0 Å². The molecule has 2 aromatic heterocycles. The Labute approximate surface area is 559 Å². The molecule has 0 aliphatic carbocycles. The predicted molar refractivity (Wildman–Crippen MR) is 408 cm³/mol. The minimum atomic E-state index is 1.11. The van der Waals surface area contributed by atoms with Crippen molar-refractivity contribution in [3.05, 3.63) is 388 Å². The number of nitrogens with zero attached hydrogens (tertiary/aromatic N) is 4. The fraction of sp³-hybridized carbons (Fsp3) is 0. The van der Waals surface area contributed by atoms with Crippen LogP contribution in [0.25, 0.3) is 104 Å². The summed E-state index contributed by atoms with van der Waals surface area (Å²) in [5, 5.41) is 10.1. The molecule has 0 saturated heterocycles. The lowest BCUT2D eigenvalue weighted by molar-refractivity contribution is 1.28. The SMILES string of the molecule is c1ccc(-c2ccc(N(c3ccc(-c4ccccc4)cc3)c3ccc(-c4ccc5c(c4)c4cccc6c7ccccc7n5c64)cc3)cc2)cc1.c1ccc(N(c2ccc(-c3ccc(N(c4ccccc4)c4cccc5ccccc45)cc3)cc2)c2cccc3ccccc23)cc1. The summed E-state index contributed by atoms with van der Waals surface area (Å²) in [7, 11) is 0. The Balaban J connectivity index is 0.000000146. The second-order valence-corrected chi connectivity index (χ2v) is 24.4. The lowest BCUT2D eigenvalue weighted by Crippen LogP contribution is -2.10. The number of hydrogen-bond acceptors (Lipinski definition) is 3. The van der Waals surface area contributed by atoms with Crippen LogP contribution in [0.15, 0.2) is 388 Å². The van der Waals surface area contributed by atoms with E-state index in [1.807, 2.05) is 0 Å². The van der Waals surface area contributed by atoms with Gasteiger partial charge in [-0.1, -0.05) is 273 Å². The molecule has 0 N–H and O–H groups in total. The van der Waals surface area contributed by atoms with Crippen molar-refractivity contribution in [1.29, 1.82) is 0 Å². The molecule has 16 aromatic carbocycles. The van der Waals surface area contributed by atoms with Crippen molar-refractivity contribution in [1.82, 2.24) is 4.40 Å². The maximum atomic E-state index is 2.44. The zero-order valence-electron chi connectivity index (χ0n) is 52.7. The largest absolute Gasteiger partial charge is 0.311 e. The van der Waals surface area contributed by atoms with Gasteiger partial charge in [0.25, 0.3) is 0 Å². The van der Waals surface area contributed by atoms with E-state index in [4.69, 9.17) is 0 Å². The van der Waals surface area contributed by atoms with Crippen LogP contribution in [0.3, 0.4) is 0 Å². The van der Waals surface area contributed by atoms with Gasteiger partial charge in [-0.2, -0.15) is 0 Å². The van der Waals surface area contributed by atoms with Gasteiger partial charge in [0.1, 0.15) is 0 Å². The lowest BCUT2D eigenvalue weighted by atomic mass is 10.0. The van der Waals surface area contributed by atoms with Crippen molar-refractivity contribution in [3.8, 4) is 44.5 Å². The van der Waals surface area contributed by atoms with Gasteiger partial charge in [0, 0.05) is 72.1 Å². The van der Waals surface area contributed by atoms with E-state index < -0.39 is 0 Å². The molecule has 0 saturated carbocycles. The first kappa shape index (κ1) is 57.2. The van der Waals surface area contributed by atoms with Crippen LogP contribution in [0.5, 0.6) is 0 Å². The third-order valence-corrected chi connectivity index (χ3v) is 18.8. The molecule has 0 unspecified atom stereocenters.